The summed E-state index contributed by atoms with van der Waals surface area (Å²) in [5.41, 5.74) is 7.64. The van der Waals surface area contributed by atoms with Crippen LogP contribution >= 0.6 is 0 Å². The minimum absolute atomic E-state index is 0.0833. The van der Waals surface area contributed by atoms with Gasteiger partial charge in [-0.2, -0.15) is 12.1 Å². The maximum absolute atomic E-state index is 9.33. The van der Waals surface area contributed by atoms with Crippen LogP contribution in [0.4, 0.5) is 0 Å². The summed E-state index contributed by atoms with van der Waals surface area (Å²) in [4.78, 5) is 0. The van der Waals surface area contributed by atoms with Crippen molar-refractivity contribution in [3.63, 3.8) is 0 Å². The first-order valence-corrected chi connectivity index (χ1v) is 16.8. The van der Waals surface area contributed by atoms with Crippen LogP contribution in [0, 0.1) is 13.8 Å². The molecule has 0 aromatic heterocycles. The summed E-state index contributed by atoms with van der Waals surface area (Å²) in [6.07, 6.45) is 0. The molecule has 0 atom stereocenters. The van der Waals surface area contributed by atoms with Crippen molar-refractivity contribution in [1.29, 1.82) is 0 Å². The van der Waals surface area contributed by atoms with Crippen LogP contribution in [0.3, 0.4) is 0 Å². The van der Waals surface area contributed by atoms with Crippen LogP contribution < -0.4 is 19.7 Å². The summed E-state index contributed by atoms with van der Waals surface area (Å²) < 4.78 is 11.9. The fourth-order valence-electron chi connectivity index (χ4n) is 4.81. The molecule has 6 aromatic rings. The molecule has 0 radical (unpaired) electrons. The van der Waals surface area contributed by atoms with Crippen LogP contribution in [0.5, 0.6) is 11.5 Å². The SMILES string of the molecule is C=C(C)[O-].C=C(C)[O-].COc1ccc(-c2cccc3[cH-]c(C)cc23)cc1.COc1ccc(-c2cccc3[cH-]c(C)cc23)cc1.C[C](C)=[Zr+2]. The molecule has 0 amide bonds. The standard InChI is InChI=1S/2C17H15O.2C3H6O.C3H6.Zr/c2*1-12-10-14-4-3-5-16(17(14)11-12)13-6-8-15(18-2)9-7-13;2*1-3(2)4;1-3-2;/h2*3-11H,1-2H3;2*4H,1H2,2H3;1-2H3;/q2*-1;;;;+2/p-2. The number of hydrogen-bond donors (Lipinski definition) is 0. The number of rotatable bonds is 4. The Kier molecular flexibility index (Phi) is 16.6. The number of allylic oxidation sites excluding steroid dienone is 2. The van der Waals surface area contributed by atoms with E-state index >= 15 is 0 Å². The van der Waals surface area contributed by atoms with E-state index in [0.717, 1.165) is 11.5 Å². The number of benzene rings is 4. The third-order valence-corrected chi connectivity index (χ3v) is 6.59. The van der Waals surface area contributed by atoms with Crippen molar-refractivity contribution in [3.8, 4) is 33.8 Å². The number of hydrogen-bond acceptors (Lipinski definition) is 4. The van der Waals surface area contributed by atoms with Gasteiger partial charge in [0.2, 0.25) is 0 Å². The zero-order chi connectivity index (χ0) is 35.8. The van der Waals surface area contributed by atoms with E-state index in [1.54, 1.807) is 38.5 Å². The van der Waals surface area contributed by atoms with Gasteiger partial charge in [-0.1, -0.05) is 75.2 Å². The van der Waals surface area contributed by atoms with Crippen LogP contribution in [0.25, 0.3) is 43.8 Å². The Morgan fingerprint density at radius 2 is 0.875 bits per heavy atom. The first kappa shape index (κ1) is 39.7. The maximum atomic E-state index is 9.33. The van der Waals surface area contributed by atoms with Gasteiger partial charge in [0, 0.05) is 0 Å². The summed E-state index contributed by atoms with van der Waals surface area (Å²) in [5.74, 6) is 1.62. The van der Waals surface area contributed by atoms with Gasteiger partial charge in [0.15, 0.2) is 0 Å². The fraction of sp³-hybridized carbons (Fsp3) is 0.186. The third kappa shape index (κ3) is 13.3. The molecular weight excluding hydrogens is 672 g/mol. The van der Waals surface area contributed by atoms with Gasteiger partial charge in [0.05, 0.1) is 14.2 Å². The molecule has 0 N–H and O–H groups in total. The Morgan fingerprint density at radius 1 is 0.583 bits per heavy atom. The second-order valence-corrected chi connectivity index (χ2v) is 14.0. The monoisotopic (exact) mass is 716 g/mol. The van der Waals surface area contributed by atoms with Crippen LogP contribution in [-0.2, 0) is 24.2 Å². The molecule has 48 heavy (non-hydrogen) atoms. The Bertz CT molecular complexity index is 1740. The Morgan fingerprint density at radius 3 is 1.15 bits per heavy atom. The molecular formula is C43H46O4Zr-2. The Labute approximate surface area is 301 Å². The molecule has 0 bridgehead atoms. The topological polar surface area (TPSA) is 64.6 Å². The molecule has 0 heterocycles. The van der Waals surface area contributed by atoms with Crippen LogP contribution in [0.2, 0.25) is 0 Å². The molecule has 0 aliphatic heterocycles. The zero-order valence-corrected chi connectivity index (χ0v) is 31.9. The average molecular weight is 718 g/mol. The van der Waals surface area contributed by atoms with Crippen molar-refractivity contribution < 1.29 is 43.9 Å². The van der Waals surface area contributed by atoms with Crippen molar-refractivity contribution in [3.05, 3.63) is 145 Å². The zero-order valence-electron chi connectivity index (χ0n) is 29.4. The van der Waals surface area contributed by atoms with Crippen molar-refractivity contribution in [2.75, 3.05) is 14.2 Å². The second-order valence-electron chi connectivity index (χ2n) is 11.5. The van der Waals surface area contributed by atoms with E-state index in [4.69, 9.17) is 9.47 Å². The van der Waals surface area contributed by atoms with E-state index in [-0.39, 0.29) is 11.5 Å². The summed E-state index contributed by atoms with van der Waals surface area (Å²) in [6.45, 7) is 17.4. The predicted octanol–water partition coefficient (Wildman–Crippen LogP) is 9.59. The van der Waals surface area contributed by atoms with E-state index < -0.39 is 0 Å². The predicted molar refractivity (Wildman–Crippen MR) is 199 cm³/mol. The van der Waals surface area contributed by atoms with E-state index in [1.807, 2.05) is 24.3 Å². The van der Waals surface area contributed by atoms with Gasteiger partial charge in [-0.3, -0.25) is 0 Å². The van der Waals surface area contributed by atoms with Crippen molar-refractivity contribution in [2.24, 2.45) is 0 Å². The first-order chi connectivity index (χ1) is 22.7. The van der Waals surface area contributed by atoms with Gasteiger partial charge < -0.3 is 19.7 Å². The molecule has 0 saturated heterocycles. The first-order valence-electron chi connectivity index (χ1n) is 15.5. The van der Waals surface area contributed by atoms with E-state index in [1.165, 1.54) is 72.0 Å². The Hall–Kier alpha value is -4.47. The quantitative estimate of drug-likeness (QED) is 0.135. The Balaban J connectivity index is 0.000000251. The number of methoxy groups -OCH3 is 2. The van der Waals surface area contributed by atoms with Gasteiger partial charge in [0.25, 0.3) is 0 Å². The van der Waals surface area contributed by atoms with Gasteiger partial charge in [-0.25, -0.2) is 0 Å². The molecule has 248 valence electrons. The second kappa shape index (κ2) is 20.0. The van der Waals surface area contributed by atoms with E-state index in [9.17, 15) is 10.2 Å². The van der Waals surface area contributed by atoms with Gasteiger partial charge in [-0.15, -0.1) is 93.7 Å². The van der Waals surface area contributed by atoms with Crippen molar-refractivity contribution in [1.82, 2.24) is 0 Å². The van der Waals surface area contributed by atoms with Crippen molar-refractivity contribution >= 4 is 24.8 Å². The molecule has 5 heteroatoms. The molecule has 0 saturated carbocycles. The molecule has 0 spiro atoms. The third-order valence-electron chi connectivity index (χ3n) is 6.59. The normalized spacial score (nSPS) is 9.71. The number of aryl methyl sites for hydroxylation is 2. The summed E-state index contributed by atoms with van der Waals surface area (Å²) in [5, 5.41) is 23.9. The summed E-state index contributed by atoms with van der Waals surface area (Å²) in [6, 6.07) is 38.3. The fourth-order valence-corrected chi connectivity index (χ4v) is 4.81. The van der Waals surface area contributed by atoms with Crippen LogP contribution in [-0.4, -0.2) is 17.4 Å². The average Bonchev–Trinajstić information content (AvgIpc) is 3.61. The molecule has 0 unspecified atom stereocenters. The molecule has 6 aromatic carbocycles. The summed E-state index contributed by atoms with van der Waals surface area (Å²) in [7, 11) is 3.38. The van der Waals surface area contributed by atoms with E-state index in [2.05, 4.69) is 126 Å². The molecule has 0 aliphatic rings. The van der Waals surface area contributed by atoms with Crippen LogP contribution in [0.1, 0.15) is 38.8 Å². The number of ether oxygens (including phenoxy) is 2. The minimum atomic E-state index is -0.0833. The van der Waals surface area contributed by atoms with Crippen molar-refractivity contribution in [2.45, 2.75) is 41.5 Å². The summed E-state index contributed by atoms with van der Waals surface area (Å²) >= 11 is 1.55. The van der Waals surface area contributed by atoms with Gasteiger partial charge in [0.1, 0.15) is 11.5 Å². The molecule has 0 aliphatic carbocycles. The van der Waals surface area contributed by atoms with Gasteiger partial charge in [-0.05, 0) is 35.4 Å². The number of fused-ring (bicyclic) bond motifs is 2. The molecule has 0 fully saturated rings. The molecule has 4 nitrogen and oxygen atoms in total. The molecule has 6 rings (SSSR count). The van der Waals surface area contributed by atoms with E-state index in [0.29, 0.717) is 0 Å². The van der Waals surface area contributed by atoms with Gasteiger partial charge >= 0.3 is 41.3 Å². The van der Waals surface area contributed by atoms with Crippen LogP contribution in [0.15, 0.2) is 134 Å².